The summed E-state index contributed by atoms with van der Waals surface area (Å²) in [6.07, 6.45) is -0.220. The number of nitrogens with one attached hydrogen (secondary N) is 2. The molecule has 0 aliphatic carbocycles. The lowest BCUT2D eigenvalue weighted by Crippen LogP contribution is -2.16. The van der Waals surface area contributed by atoms with Gasteiger partial charge in [0, 0.05) is 5.56 Å². The molecule has 6 heteroatoms. The maximum atomic E-state index is 12.5. The largest absolute Gasteiger partial charge is 0.324 e. The van der Waals surface area contributed by atoms with Gasteiger partial charge >= 0.3 is 0 Å². The van der Waals surface area contributed by atoms with Gasteiger partial charge in [-0.2, -0.15) is 0 Å². The number of carbonyl (C=O) groups excluding carboxylic acids is 3. The van der Waals surface area contributed by atoms with E-state index >= 15 is 0 Å². The molecule has 1 aromatic heterocycles. The van der Waals surface area contributed by atoms with Gasteiger partial charge in [-0.15, -0.1) is 11.3 Å². The van der Waals surface area contributed by atoms with E-state index in [1.54, 1.807) is 18.2 Å². The number of hydrogen-bond donors (Lipinski definition) is 2. The second-order valence-electron chi connectivity index (χ2n) is 4.80. The van der Waals surface area contributed by atoms with Gasteiger partial charge in [-0.1, -0.05) is 0 Å². The Hall–Kier alpha value is -2.47. The molecule has 2 aromatic rings. The van der Waals surface area contributed by atoms with Crippen molar-refractivity contribution in [2.24, 2.45) is 0 Å². The van der Waals surface area contributed by atoms with Crippen molar-refractivity contribution in [3.05, 3.63) is 45.6 Å². The van der Waals surface area contributed by atoms with Crippen molar-refractivity contribution in [3.8, 4) is 0 Å². The molecule has 2 N–H and O–H groups in total. The Morgan fingerprint density at radius 1 is 1.10 bits per heavy atom. The Morgan fingerprint density at radius 3 is 2.48 bits per heavy atom. The fourth-order valence-corrected chi connectivity index (χ4v) is 3.06. The summed E-state index contributed by atoms with van der Waals surface area (Å²) in [6, 6.07) is 6.77. The fourth-order valence-electron chi connectivity index (χ4n) is 2.17. The third kappa shape index (κ3) is 2.57. The first-order valence-electron chi connectivity index (χ1n) is 6.37. The lowest BCUT2D eigenvalue weighted by molar-refractivity contribution is -0.123. The van der Waals surface area contributed by atoms with E-state index in [0.717, 1.165) is 5.56 Å². The first-order valence-corrected chi connectivity index (χ1v) is 7.25. The van der Waals surface area contributed by atoms with Crippen molar-refractivity contribution < 1.29 is 14.4 Å². The number of benzene rings is 1. The zero-order valence-electron chi connectivity index (χ0n) is 11.2. The molecular formula is C15H12N2O3S. The minimum Gasteiger partial charge on any atom is -0.324 e. The van der Waals surface area contributed by atoms with Crippen molar-refractivity contribution in [2.45, 2.75) is 13.3 Å². The monoisotopic (exact) mass is 300 g/mol. The minimum absolute atomic E-state index is 0.0878. The fraction of sp³-hybridized carbons (Fsp3) is 0.133. The highest BCUT2D eigenvalue weighted by Gasteiger charge is 2.20. The van der Waals surface area contributed by atoms with Crippen LogP contribution in [-0.4, -0.2) is 17.6 Å². The average Bonchev–Trinajstić information content (AvgIpc) is 2.79. The number of rotatable bonds is 2. The first-order chi connectivity index (χ1) is 10.0. The molecule has 0 fully saturated rings. The molecule has 0 unspecified atom stereocenters. The summed E-state index contributed by atoms with van der Waals surface area (Å²) in [5.41, 5.74) is 2.37. The third-order valence-corrected chi connectivity index (χ3v) is 4.23. The molecule has 1 aliphatic heterocycles. The smallest absolute Gasteiger partial charge is 0.233 e. The summed E-state index contributed by atoms with van der Waals surface area (Å²) in [7, 11) is 0. The van der Waals surface area contributed by atoms with Gasteiger partial charge in [0.05, 0.1) is 16.3 Å². The molecule has 1 aliphatic rings. The average molecular weight is 300 g/mol. The molecule has 0 radical (unpaired) electrons. The number of fused-ring (bicyclic) bond motifs is 1. The summed E-state index contributed by atoms with van der Waals surface area (Å²) in [5.74, 6) is -0.835. The Balaban J connectivity index is 2.00. The Kier molecular flexibility index (Phi) is 3.31. The normalized spacial score (nSPS) is 14.0. The summed E-state index contributed by atoms with van der Waals surface area (Å²) in [6.45, 7) is 1.88. The maximum absolute atomic E-state index is 12.5. The summed E-state index contributed by atoms with van der Waals surface area (Å²) < 4.78 is 0. The lowest BCUT2D eigenvalue weighted by Gasteiger charge is -2.09. The number of anilines is 2. The van der Waals surface area contributed by atoms with E-state index < -0.39 is 0 Å². The SMILES string of the molecule is Cc1ccsc1C(=O)c1ccc2c(c1)NC(=O)CC(=O)N2. The van der Waals surface area contributed by atoms with Gasteiger partial charge in [-0.05, 0) is 42.1 Å². The summed E-state index contributed by atoms with van der Waals surface area (Å²) >= 11 is 1.39. The molecule has 5 nitrogen and oxygen atoms in total. The highest BCUT2D eigenvalue weighted by Crippen LogP contribution is 2.28. The standard InChI is InChI=1S/C15H12N2O3S/c1-8-4-5-21-15(8)14(20)9-2-3-10-11(6-9)17-13(19)7-12(18)16-10/h2-6H,7H2,1H3,(H,16,18)(H,17,19). The van der Waals surface area contributed by atoms with Crippen molar-refractivity contribution in [1.29, 1.82) is 0 Å². The van der Waals surface area contributed by atoms with Crippen LogP contribution in [0, 0.1) is 6.92 Å². The molecule has 106 valence electrons. The van der Waals surface area contributed by atoms with Gasteiger partial charge in [-0.3, -0.25) is 14.4 Å². The number of aryl methyl sites for hydroxylation is 1. The van der Waals surface area contributed by atoms with Crippen LogP contribution in [0.1, 0.15) is 27.2 Å². The maximum Gasteiger partial charge on any atom is 0.233 e. The van der Waals surface area contributed by atoms with Crippen LogP contribution in [0.5, 0.6) is 0 Å². The van der Waals surface area contributed by atoms with Crippen LogP contribution in [0.3, 0.4) is 0 Å². The summed E-state index contributed by atoms with van der Waals surface area (Å²) in [5, 5.41) is 7.14. The number of amides is 2. The van der Waals surface area contributed by atoms with Crippen LogP contribution in [0.25, 0.3) is 0 Å². The molecule has 3 rings (SSSR count). The van der Waals surface area contributed by atoms with Crippen molar-refractivity contribution in [2.75, 3.05) is 10.6 Å². The van der Waals surface area contributed by atoms with Gasteiger partial charge in [0.25, 0.3) is 0 Å². The van der Waals surface area contributed by atoms with Gasteiger partial charge in [0.15, 0.2) is 0 Å². The highest BCUT2D eigenvalue weighted by molar-refractivity contribution is 7.12. The molecule has 0 atom stereocenters. The number of thiophene rings is 1. The van der Waals surface area contributed by atoms with Crippen LogP contribution in [-0.2, 0) is 9.59 Å². The first kappa shape index (κ1) is 13.5. The Labute approximate surface area is 125 Å². The lowest BCUT2D eigenvalue weighted by atomic mass is 10.1. The van der Waals surface area contributed by atoms with Crippen molar-refractivity contribution >= 4 is 40.3 Å². The van der Waals surface area contributed by atoms with Gasteiger partial charge < -0.3 is 10.6 Å². The third-order valence-electron chi connectivity index (χ3n) is 3.22. The highest BCUT2D eigenvalue weighted by atomic mass is 32.1. The zero-order chi connectivity index (χ0) is 15.0. The van der Waals surface area contributed by atoms with Crippen LogP contribution < -0.4 is 10.6 Å². The zero-order valence-corrected chi connectivity index (χ0v) is 12.0. The van der Waals surface area contributed by atoms with E-state index in [1.165, 1.54) is 11.3 Å². The minimum atomic E-state index is -0.386. The summed E-state index contributed by atoms with van der Waals surface area (Å²) in [4.78, 5) is 36.2. The predicted octanol–water partition coefficient (Wildman–Crippen LogP) is 2.57. The molecule has 21 heavy (non-hydrogen) atoms. The molecule has 2 amide bonds. The predicted molar refractivity (Wildman–Crippen MR) is 80.8 cm³/mol. The van der Waals surface area contributed by atoms with Gasteiger partial charge in [0.1, 0.15) is 6.42 Å². The van der Waals surface area contributed by atoms with Crippen LogP contribution in [0.2, 0.25) is 0 Å². The molecule has 1 aromatic carbocycles. The molecule has 0 bridgehead atoms. The van der Waals surface area contributed by atoms with Crippen LogP contribution >= 0.6 is 11.3 Å². The van der Waals surface area contributed by atoms with E-state index in [2.05, 4.69) is 10.6 Å². The van der Waals surface area contributed by atoms with E-state index in [1.807, 2.05) is 18.4 Å². The van der Waals surface area contributed by atoms with Crippen LogP contribution in [0.4, 0.5) is 11.4 Å². The topological polar surface area (TPSA) is 75.3 Å². The second kappa shape index (κ2) is 5.14. The van der Waals surface area contributed by atoms with E-state index in [0.29, 0.717) is 21.8 Å². The van der Waals surface area contributed by atoms with E-state index in [9.17, 15) is 14.4 Å². The number of ketones is 1. The molecule has 2 heterocycles. The number of hydrogen-bond acceptors (Lipinski definition) is 4. The second-order valence-corrected chi connectivity index (χ2v) is 5.71. The van der Waals surface area contributed by atoms with Crippen LogP contribution in [0.15, 0.2) is 29.6 Å². The quantitative estimate of drug-likeness (QED) is 0.661. The van der Waals surface area contributed by atoms with Gasteiger partial charge in [-0.25, -0.2) is 0 Å². The molecule has 0 saturated heterocycles. The molecule has 0 saturated carbocycles. The Bertz CT molecular complexity index is 764. The van der Waals surface area contributed by atoms with Gasteiger partial charge in [0.2, 0.25) is 17.6 Å². The molecule has 0 spiro atoms. The van der Waals surface area contributed by atoms with Crippen molar-refractivity contribution in [3.63, 3.8) is 0 Å². The van der Waals surface area contributed by atoms with Crippen molar-refractivity contribution in [1.82, 2.24) is 0 Å². The Morgan fingerprint density at radius 2 is 1.81 bits per heavy atom. The van der Waals surface area contributed by atoms with E-state index in [4.69, 9.17) is 0 Å². The van der Waals surface area contributed by atoms with E-state index in [-0.39, 0.29) is 24.0 Å². The molecular weight excluding hydrogens is 288 g/mol. The number of carbonyl (C=O) groups is 3.